The molecule has 0 spiro atoms. The Morgan fingerprint density at radius 1 is 1.20 bits per heavy atom. The van der Waals surface area contributed by atoms with E-state index >= 15 is 0 Å². The maximum atomic E-state index is 13.5. The SMILES string of the molecule is NC(=O)[C@@H]1C[C@@H](F)CN1Cc1ccc(OCc2cccc(F)c2)cc1. The Hall–Kier alpha value is -2.47. The normalized spacial score (nSPS) is 20.6. The molecular weight excluding hydrogens is 326 g/mol. The molecule has 0 aliphatic carbocycles. The molecule has 0 unspecified atom stereocenters. The van der Waals surface area contributed by atoms with Crippen LogP contribution in [0.3, 0.4) is 0 Å². The molecule has 2 N–H and O–H groups in total. The van der Waals surface area contributed by atoms with Gasteiger partial charge < -0.3 is 10.5 Å². The van der Waals surface area contributed by atoms with Crippen molar-refractivity contribution < 1.29 is 18.3 Å². The fraction of sp³-hybridized carbons (Fsp3) is 0.316. The first-order chi connectivity index (χ1) is 12.0. The summed E-state index contributed by atoms with van der Waals surface area (Å²) in [6.07, 6.45) is -0.865. The minimum atomic E-state index is -1.02. The summed E-state index contributed by atoms with van der Waals surface area (Å²) in [5, 5.41) is 0. The Morgan fingerprint density at radius 3 is 2.64 bits per heavy atom. The Kier molecular flexibility index (Phi) is 5.28. The van der Waals surface area contributed by atoms with Gasteiger partial charge in [-0.1, -0.05) is 24.3 Å². The number of nitrogens with zero attached hydrogens (tertiary/aromatic N) is 1. The second kappa shape index (κ2) is 7.61. The summed E-state index contributed by atoms with van der Waals surface area (Å²) >= 11 is 0. The number of carbonyl (C=O) groups is 1. The van der Waals surface area contributed by atoms with E-state index in [1.165, 1.54) is 12.1 Å². The number of nitrogens with two attached hydrogens (primary N) is 1. The molecule has 0 saturated carbocycles. The quantitative estimate of drug-likeness (QED) is 0.875. The van der Waals surface area contributed by atoms with Gasteiger partial charge in [0.1, 0.15) is 24.3 Å². The highest BCUT2D eigenvalue weighted by molar-refractivity contribution is 5.80. The van der Waals surface area contributed by atoms with Gasteiger partial charge in [0.2, 0.25) is 5.91 Å². The van der Waals surface area contributed by atoms with Gasteiger partial charge in [-0.15, -0.1) is 0 Å². The number of carbonyl (C=O) groups excluding carboxylic acids is 1. The molecule has 1 saturated heterocycles. The summed E-state index contributed by atoms with van der Waals surface area (Å²) in [4.78, 5) is 13.2. The van der Waals surface area contributed by atoms with Crippen LogP contribution >= 0.6 is 0 Å². The van der Waals surface area contributed by atoms with Crippen LogP contribution in [0.2, 0.25) is 0 Å². The molecule has 0 radical (unpaired) electrons. The lowest BCUT2D eigenvalue weighted by molar-refractivity contribution is -0.122. The van der Waals surface area contributed by atoms with Gasteiger partial charge in [0.05, 0.1) is 6.04 Å². The average molecular weight is 346 g/mol. The van der Waals surface area contributed by atoms with E-state index in [4.69, 9.17) is 10.5 Å². The largest absolute Gasteiger partial charge is 0.489 e. The highest BCUT2D eigenvalue weighted by Gasteiger charge is 2.35. The van der Waals surface area contributed by atoms with Crippen molar-refractivity contribution in [3.63, 3.8) is 0 Å². The number of hydrogen-bond acceptors (Lipinski definition) is 3. The third-order valence-electron chi connectivity index (χ3n) is 4.28. The molecule has 3 rings (SSSR count). The van der Waals surface area contributed by atoms with Crippen LogP contribution in [-0.2, 0) is 17.9 Å². The fourth-order valence-corrected chi connectivity index (χ4v) is 3.04. The minimum Gasteiger partial charge on any atom is -0.489 e. The smallest absolute Gasteiger partial charge is 0.234 e. The van der Waals surface area contributed by atoms with Crippen molar-refractivity contribution in [1.29, 1.82) is 0 Å². The summed E-state index contributed by atoms with van der Waals surface area (Å²) in [5.41, 5.74) is 7.03. The van der Waals surface area contributed by atoms with Gasteiger partial charge in [-0.2, -0.15) is 0 Å². The highest BCUT2D eigenvalue weighted by Crippen LogP contribution is 2.23. The third kappa shape index (κ3) is 4.54. The summed E-state index contributed by atoms with van der Waals surface area (Å²) in [6, 6.07) is 13.0. The van der Waals surface area contributed by atoms with Gasteiger partial charge in [-0.3, -0.25) is 9.69 Å². The van der Waals surface area contributed by atoms with E-state index in [-0.39, 0.29) is 25.4 Å². The predicted molar refractivity (Wildman–Crippen MR) is 90.1 cm³/mol. The number of halogens is 2. The molecule has 132 valence electrons. The molecule has 25 heavy (non-hydrogen) atoms. The predicted octanol–water partition coefficient (Wildman–Crippen LogP) is 2.80. The van der Waals surface area contributed by atoms with Gasteiger partial charge in [-0.05, 0) is 35.4 Å². The van der Waals surface area contributed by atoms with Crippen molar-refractivity contribution in [2.45, 2.75) is 31.8 Å². The van der Waals surface area contributed by atoms with E-state index in [1.807, 2.05) is 12.1 Å². The number of rotatable bonds is 6. The monoisotopic (exact) mass is 346 g/mol. The van der Waals surface area contributed by atoms with Crippen LogP contribution in [0.1, 0.15) is 17.5 Å². The van der Waals surface area contributed by atoms with E-state index in [2.05, 4.69) is 0 Å². The Labute approximate surface area is 145 Å². The number of ether oxygens (including phenoxy) is 1. The van der Waals surface area contributed by atoms with Gasteiger partial charge in [0.25, 0.3) is 0 Å². The van der Waals surface area contributed by atoms with E-state index in [1.54, 1.807) is 29.2 Å². The van der Waals surface area contributed by atoms with E-state index in [0.717, 1.165) is 11.1 Å². The number of alkyl halides is 1. The highest BCUT2D eigenvalue weighted by atomic mass is 19.1. The fourth-order valence-electron chi connectivity index (χ4n) is 3.04. The molecular formula is C19H20F2N2O2. The molecule has 1 heterocycles. The summed E-state index contributed by atoms with van der Waals surface area (Å²) in [7, 11) is 0. The lowest BCUT2D eigenvalue weighted by Gasteiger charge is -2.21. The van der Waals surface area contributed by atoms with Crippen molar-refractivity contribution in [2.24, 2.45) is 5.73 Å². The lowest BCUT2D eigenvalue weighted by atomic mass is 10.1. The number of primary amides is 1. The second-order valence-electron chi connectivity index (χ2n) is 6.24. The van der Waals surface area contributed by atoms with Crippen LogP contribution < -0.4 is 10.5 Å². The first kappa shape index (κ1) is 17.4. The molecule has 1 aliphatic heterocycles. The molecule has 2 aromatic carbocycles. The van der Waals surface area contributed by atoms with Crippen molar-refractivity contribution in [1.82, 2.24) is 4.90 Å². The Bertz CT molecular complexity index is 736. The van der Waals surface area contributed by atoms with Crippen molar-refractivity contribution in [3.05, 3.63) is 65.5 Å². The first-order valence-electron chi connectivity index (χ1n) is 8.15. The number of benzene rings is 2. The second-order valence-corrected chi connectivity index (χ2v) is 6.24. The maximum Gasteiger partial charge on any atom is 0.234 e. The standard InChI is InChI=1S/C19H20F2N2O2/c20-15-3-1-2-14(8-15)12-25-17-6-4-13(5-7-17)10-23-11-16(21)9-18(23)19(22)24/h1-8,16,18H,9-12H2,(H2,22,24)/t16-,18+/m1/s1. The van der Waals surface area contributed by atoms with E-state index in [0.29, 0.717) is 12.3 Å². The number of likely N-dealkylation sites (tertiary alicyclic amines) is 1. The van der Waals surface area contributed by atoms with Crippen molar-refractivity contribution in [2.75, 3.05) is 6.54 Å². The Morgan fingerprint density at radius 2 is 1.96 bits per heavy atom. The zero-order chi connectivity index (χ0) is 17.8. The lowest BCUT2D eigenvalue weighted by Crippen LogP contribution is -2.39. The number of amides is 1. The summed E-state index contributed by atoms with van der Waals surface area (Å²) < 4.78 is 32.3. The van der Waals surface area contributed by atoms with Crippen molar-refractivity contribution >= 4 is 5.91 Å². The van der Waals surface area contributed by atoms with E-state index < -0.39 is 18.1 Å². The van der Waals surface area contributed by atoms with Crippen LogP contribution in [0.5, 0.6) is 5.75 Å². The molecule has 1 fully saturated rings. The van der Waals surface area contributed by atoms with E-state index in [9.17, 15) is 13.6 Å². The Balaban J connectivity index is 1.58. The molecule has 2 aromatic rings. The summed E-state index contributed by atoms with van der Waals surface area (Å²) in [6.45, 7) is 0.945. The minimum absolute atomic E-state index is 0.157. The van der Waals surface area contributed by atoms with Crippen LogP contribution in [0.25, 0.3) is 0 Å². The summed E-state index contributed by atoms with van der Waals surface area (Å²) in [5.74, 6) is -0.128. The van der Waals surface area contributed by atoms with Gasteiger partial charge in [0.15, 0.2) is 0 Å². The van der Waals surface area contributed by atoms with Crippen molar-refractivity contribution in [3.8, 4) is 5.75 Å². The first-order valence-corrected chi connectivity index (χ1v) is 8.15. The topological polar surface area (TPSA) is 55.6 Å². The van der Waals surface area contributed by atoms with Crippen LogP contribution in [0, 0.1) is 5.82 Å². The third-order valence-corrected chi connectivity index (χ3v) is 4.28. The van der Waals surface area contributed by atoms with Gasteiger partial charge >= 0.3 is 0 Å². The van der Waals surface area contributed by atoms with Crippen LogP contribution in [0.4, 0.5) is 8.78 Å². The number of hydrogen-bond donors (Lipinski definition) is 1. The zero-order valence-corrected chi connectivity index (χ0v) is 13.7. The molecule has 1 amide bonds. The molecule has 0 aromatic heterocycles. The molecule has 1 aliphatic rings. The molecule has 4 nitrogen and oxygen atoms in total. The molecule has 2 atom stereocenters. The van der Waals surface area contributed by atoms with Gasteiger partial charge in [-0.25, -0.2) is 8.78 Å². The van der Waals surface area contributed by atoms with Crippen LogP contribution in [0.15, 0.2) is 48.5 Å². The van der Waals surface area contributed by atoms with Crippen LogP contribution in [-0.4, -0.2) is 29.6 Å². The zero-order valence-electron chi connectivity index (χ0n) is 13.7. The van der Waals surface area contributed by atoms with Gasteiger partial charge in [0, 0.05) is 19.5 Å². The molecule has 0 bridgehead atoms. The maximum absolute atomic E-state index is 13.5. The average Bonchev–Trinajstić information content (AvgIpc) is 2.95. The molecule has 6 heteroatoms.